The van der Waals surface area contributed by atoms with Gasteiger partial charge in [0.15, 0.2) is 0 Å². The fourth-order valence-corrected chi connectivity index (χ4v) is 2.28. The van der Waals surface area contributed by atoms with Crippen molar-refractivity contribution in [3.63, 3.8) is 0 Å². The molecular weight excluding hydrogens is 284 g/mol. The number of carbonyl (C=O) groups excluding carboxylic acids is 1. The predicted molar refractivity (Wildman–Crippen MR) is 78.5 cm³/mol. The van der Waals surface area contributed by atoms with Crippen LogP contribution in [-0.4, -0.2) is 20.7 Å². The first kappa shape index (κ1) is 14.2. The average molecular weight is 299 g/mol. The van der Waals surface area contributed by atoms with Crippen LogP contribution < -0.4 is 11.1 Å². The highest BCUT2D eigenvalue weighted by atomic mass is 35.5. The van der Waals surface area contributed by atoms with Crippen molar-refractivity contribution in [1.29, 1.82) is 0 Å². The lowest BCUT2D eigenvalue weighted by atomic mass is 9.87. The highest BCUT2D eigenvalue weighted by Gasteiger charge is 2.28. The second-order valence-corrected chi connectivity index (χ2v) is 6.32. The van der Waals surface area contributed by atoms with Crippen LogP contribution in [0.3, 0.4) is 0 Å². The van der Waals surface area contributed by atoms with E-state index in [0.29, 0.717) is 21.7 Å². The maximum atomic E-state index is 12.1. The van der Waals surface area contributed by atoms with Gasteiger partial charge in [0, 0.05) is 0 Å². The van der Waals surface area contributed by atoms with Gasteiger partial charge in [0.05, 0.1) is 28.5 Å². The number of halogens is 1. The number of hydrogen-bond acceptors (Lipinski definition) is 5. The third kappa shape index (κ3) is 2.86. The van der Waals surface area contributed by atoms with Gasteiger partial charge in [-0.05, 0) is 17.5 Å². The molecule has 1 aromatic carbocycles. The first-order valence-electron chi connectivity index (χ1n) is 5.78. The molecule has 5 nitrogen and oxygen atoms in total. The van der Waals surface area contributed by atoms with E-state index in [1.54, 1.807) is 12.1 Å². The molecule has 0 unspecified atom stereocenters. The van der Waals surface area contributed by atoms with Crippen LogP contribution in [-0.2, 0) is 4.79 Å². The molecule has 0 saturated heterocycles. The molecule has 0 aliphatic heterocycles. The van der Waals surface area contributed by atoms with Crippen molar-refractivity contribution in [3.8, 4) is 0 Å². The van der Waals surface area contributed by atoms with Crippen LogP contribution in [0.25, 0.3) is 11.0 Å². The zero-order valence-corrected chi connectivity index (χ0v) is 12.5. The normalized spacial score (nSPS) is 13.5. The summed E-state index contributed by atoms with van der Waals surface area (Å²) in [5.74, 6) is -0.282. The maximum absolute atomic E-state index is 12.1. The van der Waals surface area contributed by atoms with Crippen LogP contribution >= 0.6 is 23.3 Å². The number of hydrogen-bond donors (Lipinski definition) is 2. The van der Waals surface area contributed by atoms with Crippen molar-refractivity contribution in [3.05, 3.63) is 17.2 Å². The molecule has 19 heavy (non-hydrogen) atoms. The first-order valence-corrected chi connectivity index (χ1v) is 6.89. The van der Waals surface area contributed by atoms with Gasteiger partial charge in [0.25, 0.3) is 0 Å². The van der Waals surface area contributed by atoms with Crippen molar-refractivity contribution in [2.45, 2.75) is 26.8 Å². The molecule has 2 aromatic rings. The summed E-state index contributed by atoms with van der Waals surface area (Å²) in [4.78, 5) is 12.1. The number of nitrogens with zero attached hydrogens (tertiary/aromatic N) is 2. The lowest BCUT2D eigenvalue weighted by molar-refractivity contribution is -0.119. The van der Waals surface area contributed by atoms with Crippen LogP contribution in [0.5, 0.6) is 0 Å². The van der Waals surface area contributed by atoms with Crippen LogP contribution in [0.15, 0.2) is 12.1 Å². The fraction of sp³-hybridized carbons (Fsp3) is 0.417. The lowest BCUT2D eigenvalue weighted by Gasteiger charge is -2.26. The fourth-order valence-electron chi connectivity index (χ4n) is 1.54. The molecular formula is C12H15ClN4OS. The molecule has 1 aromatic heterocycles. The van der Waals surface area contributed by atoms with Gasteiger partial charge in [-0.3, -0.25) is 4.79 Å². The monoisotopic (exact) mass is 298 g/mol. The van der Waals surface area contributed by atoms with Crippen molar-refractivity contribution in [1.82, 2.24) is 8.75 Å². The molecule has 7 heteroatoms. The smallest absolute Gasteiger partial charge is 0.241 e. The number of benzene rings is 1. The number of anilines is 1. The summed E-state index contributed by atoms with van der Waals surface area (Å²) in [6.07, 6.45) is 0. The van der Waals surface area contributed by atoms with Gasteiger partial charge in [0.1, 0.15) is 11.0 Å². The van der Waals surface area contributed by atoms with E-state index in [2.05, 4.69) is 14.1 Å². The summed E-state index contributed by atoms with van der Waals surface area (Å²) in [7, 11) is 0. The summed E-state index contributed by atoms with van der Waals surface area (Å²) >= 11 is 7.18. The number of nitrogens with one attached hydrogen (secondary N) is 1. The number of rotatable bonds is 2. The Morgan fingerprint density at radius 1 is 1.42 bits per heavy atom. The second-order valence-electron chi connectivity index (χ2n) is 5.39. The van der Waals surface area contributed by atoms with Crippen molar-refractivity contribution in [2.24, 2.45) is 11.1 Å². The number of aromatic nitrogens is 2. The van der Waals surface area contributed by atoms with E-state index in [4.69, 9.17) is 17.3 Å². The third-order valence-corrected chi connectivity index (χ3v) is 3.70. The molecule has 0 saturated carbocycles. The van der Waals surface area contributed by atoms with Gasteiger partial charge < -0.3 is 11.1 Å². The Labute approximate surface area is 120 Å². The number of nitrogens with two attached hydrogens (primary N) is 1. The average Bonchev–Trinajstić information content (AvgIpc) is 2.78. The van der Waals surface area contributed by atoms with E-state index in [1.807, 2.05) is 20.8 Å². The Bertz CT molecular complexity index is 620. The van der Waals surface area contributed by atoms with Crippen LogP contribution in [0.4, 0.5) is 5.69 Å². The Kier molecular flexibility index (Phi) is 3.75. The summed E-state index contributed by atoms with van der Waals surface area (Å²) in [6, 6.07) is 2.81. The number of fused-ring (bicyclic) bond motifs is 1. The zero-order valence-electron chi connectivity index (χ0n) is 10.9. The van der Waals surface area contributed by atoms with Gasteiger partial charge in [-0.15, -0.1) is 0 Å². The van der Waals surface area contributed by atoms with Gasteiger partial charge >= 0.3 is 0 Å². The van der Waals surface area contributed by atoms with Gasteiger partial charge in [-0.25, -0.2) is 0 Å². The van der Waals surface area contributed by atoms with E-state index < -0.39 is 6.04 Å². The molecule has 0 aliphatic rings. The van der Waals surface area contributed by atoms with E-state index in [9.17, 15) is 4.79 Å². The van der Waals surface area contributed by atoms with Crippen molar-refractivity contribution in [2.75, 3.05) is 5.32 Å². The molecule has 0 bridgehead atoms. The Morgan fingerprint density at radius 2 is 2.11 bits per heavy atom. The maximum Gasteiger partial charge on any atom is 0.241 e. The Morgan fingerprint density at radius 3 is 2.74 bits per heavy atom. The lowest BCUT2D eigenvalue weighted by Crippen LogP contribution is -2.45. The van der Waals surface area contributed by atoms with Crippen molar-refractivity contribution < 1.29 is 4.79 Å². The minimum Gasteiger partial charge on any atom is -0.322 e. The predicted octanol–water partition coefficient (Wildman–Crippen LogP) is 2.66. The van der Waals surface area contributed by atoms with E-state index in [-0.39, 0.29) is 11.3 Å². The van der Waals surface area contributed by atoms with Crippen LogP contribution in [0.2, 0.25) is 5.02 Å². The van der Waals surface area contributed by atoms with Gasteiger partial charge in [0.2, 0.25) is 5.91 Å². The summed E-state index contributed by atoms with van der Waals surface area (Å²) in [5, 5.41) is 3.18. The molecule has 2 rings (SSSR count). The standard InChI is InChI=1S/C12H15ClN4OS/c1-12(2,3)10(14)11(18)15-8-6(13)4-5-7-9(8)17-19-16-7/h4-5,10H,14H2,1-3H3,(H,15,18)/t10-/m0/s1. The molecule has 0 aliphatic carbocycles. The molecule has 3 N–H and O–H groups in total. The van der Waals surface area contributed by atoms with Gasteiger partial charge in [-0.1, -0.05) is 32.4 Å². The zero-order chi connectivity index (χ0) is 14.2. The third-order valence-electron chi connectivity index (χ3n) is 2.84. The quantitative estimate of drug-likeness (QED) is 0.893. The minimum absolute atomic E-state index is 0.282. The summed E-state index contributed by atoms with van der Waals surface area (Å²) in [5.41, 5.74) is 7.36. The molecule has 0 fully saturated rings. The minimum atomic E-state index is -0.634. The first-order chi connectivity index (χ1) is 8.80. The van der Waals surface area contributed by atoms with E-state index in [1.165, 1.54) is 0 Å². The summed E-state index contributed by atoms with van der Waals surface area (Å²) < 4.78 is 8.26. The molecule has 1 atom stereocenters. The SMILES string of the molecule is CC(C)(C)[C@@H](N)C(=O)Nc1c(Cl)ccc2nsnc12. The molecule has 1 heterocycles. The highest BCUT2D eigenvalue weighted by Crippen LogP contribution is 2.30. The Balaban J connectivity index is 2.33. The van der Waals surface area contributed by atoms with Crippen LogP contribution in [0, 0.1) is 5.41 Å². The Hall–Kier alpha value is -1.24. The molecule has 1 amide bonds. The number of carbonyl (C=O) groups is 1. The highest BCUT2D eigenvalue weighted by molar-refractivity contribution is 7.00. The van der Waals surface area contributed by atoms with Crippen LogP contribution in [0.1, 0.15) is 20.8 Å². The largest absolute Gasteiger partial charge is 0.322 e. The topological polar surface area (TPSA) is 80.9 Å². The molecule has 0 spiro atoms. The number of amides is 1. The van der Waals surface area contributed by atoms with E-state index in [0.717, 1.165) is 11.7 Å². The molecule has 0 radical (unpaired) electrons. The molecule has 102 valence electrons. The summed E-state index contributed by atoms with van der Waals surface area (Å²) in [6.45, 7) is 5.72. The second kappa shape index (κ2) is 5.03. The van der Waals surface area contributed by atoms with Crippen molar-refractivity contribution >= 4 is 46.0 Å². The van der Waals surface area contributed by atoms with Gasteiger partial charge in [-0.2, -0.15) is 8.75 Å². The van der Waals surface area contributed by atoms with E-state index >= 15 is 0 Å².